The molecule has 1 aliphatic rings. The Hall–Kier alpha value is -0.570. The Labute approximate surface area is 74.1 Å². The summed E-state index contributed by atoms with van der Waals surface area (Å²) < 4.78 is 0. The molecule has 3 heteroatoms. The molecule has 12 heavy (non-hydrogen) atoms. The van der Waals surface area contributed by atoms with Crippen molar-refractivity contribution >= 4 is 5.91 Å². The van der Waals surface area contributed by atoms with Crippen molar-refractivity contribution in [3.8, 4) is 0 Å². The molecule has 0 aromatic rings. The van der Waals surface area contributed by atoms with Crippen molar-refractivity contribution < 1.29 is 4.79 Å². The predicted molar refractivity (Wildman–Crippen MR) is 48.9 cm³/mol. The standard InChI is InChI=1S/C9H18N2O/c1-4-7(10-2)8-5-6-9(12)11(8)3/h7-8,10H,4-6H2,1-3H3. The molecule has 0 saturated carbocycles. The minimum atomic E-state index is 0.286. The highest BCUT2D eigenvalue weighted by molar-refractivity contribution is 5.78. The van der Waals surface area contributed by atoms with Gasteiger partial charge in [0.15, 0.2) is 0 Å². The fourth-order valence-corrected chi connectivity index (χ4v) is 1.97. The minimum Gasteiger partial charge on any atom is -0.341 e. The Morgan fingerprint density at radius 3 is 2.75 bits per heavy atom. The summed E-state index contributed by atoms with van der Waals surface area (Å²) in [5, 5.41) is 3.25. The van der Waals surface area contributed by atoms with Crippen LogP contribution in [0, 0.1) is 0 Å². The number of likely N-dealkylation sites (N-methyl/N-ethyl adjacent to an activating group) is 2. The van der Waals surface area contributed by atoms with Crippen molar-refractivity contribution in [3.05, 3.63) is 0 Å². The molecular formula is C9H18N2O. The molecule has 0 radical (unpaired) electrons. The van der Waals surface area contributed by atoms with E-state index in [1.54, 1.807) is 0 Å². The average Bonchev–Trinajstić information content (AvgIpc) is 2.38. The lowest BCUT2D eigenvalue weighted by molar-refractivity contribution is -0.127. The van der Waals surface area contributed by atoms with Crippen molar-refractivity contribution in [3.63, 3.8) is 0 Å². The van der Waals surface area contributed by atoms with E-state index in [1.807, 2.05) is 19.0 Å². The molecule has 3 nitrogen and oxygen atoms in total. The molecule has 1 saturated heterocycles. The number of likely N-dealkylation sites (tertiary alicyclic amines) is 1. The number of carbonyl (C=O) groups is 1. The fraction of sp³-hybridized carbons (Fsp3) is 0.889. The summed E-state index contributed by atoms with van der Waals surface area (Å²) in [6, 6.07) is 0.869. The summed E-state index contributed by atoms with van der Waals surface area (Å²) in [5.41, 5.74) is 0. The maximum atomic E-state index is 11.2. The first-order chi connectivity index (χ1) is 5.70. The van der Waals surface area contributed by atoms with Gasteiger partial charge in [-0.2, -0.15) is 0 Å². The van der Waals surface area contributed by atoms with E-state index in [-0.39, 0.29) is 5.91 Å². The molecular weight excluding hydrogens is 152 g/mol. The number of rotatable bonds is 3. The van der Waals surface area contributed by atoms with Gasteiger partial charge in [0, 0.05) is 25.6 Å². The van der Waals surface area contributed by atoms with Gasteiger partial charge in [0.05, 0.1) is 0 Å². The highest BCUT2D eigenvalue weighted by Gasteiger charge is 2.32. The molecule has 0 aliphatic carbocycles. The van der Waals surface area contributed by atoms with E-state index in [4.69, 9.17) is 0 Å². The molecule has 1 aliphatic heterocycles. The van der Waals surface area contributed by atoms with Crippen molar-refractivity contribution in [2.24, 2.45) is 0 Å². The van der Waals surface area contributed by atoms with Crippen molar-refractivity contribution in [1.29, 1.82) is 0 Å². The number of nitrogens with zero attached hydrogens (tertiary/aromatic N) is 1. The number of amides is 1. The number of hydrogen-bond acceptors (Lipinski definition) is 2. The molecule has 1 amide bonds. The quantitative estimate of drug-likeness (QED) is 0.673. The Morgan fingerprint density at radius 1 is 1.75 bits per heavy atom. The summed E-state index contributed by atoms with van der Waals surface area (Å²) in [5.74, 6) is 0.286. The highest BCUT2D eigenvalue weighted by Crippen LogP contribution is 2.20. The van der Waals surface area contributed by atoms with Crippen LogP contribution in [0.3, 0.4) is 0 Å². The first kappa shape index (κ1) is 9.52. The van der Waals surface area contributed by atoms with Gasteiger partial charge in [-0.15, -0.1) is 0 Å². The topological polar surface area (TPSA) is 32.3 Å². The molecule has 0 aromatic carbocycles. The van der Waals surface area contributed by atoms with Crippen LogP contribution in [0.25, 0.3) is 0 Å². The largest absolute Gasteiger partial charge is 0.341 e. The number of nitrogens with one attached hydrogen (secondary N) is 1. The van der Waals surface area contributed by atoms with E-state index in [0.29, 0.717) is 12.1 Å². The van der Waals surface area contributed by atoms with Crippen LogP contribution in [0.5, 0.6) is 0 Å². The third kappa shape index (κ3) is 1.61. The van der Waals surface area contributed by atoms with Crippen LogP contribution >= 0.6 is 0 Å². The van der Waals surface area contributed by atoms with Crippen LogP contribution in [0.15, 0.2) is 0 Å². The zero-order chi connectivity index (χ0) is 9.14. The molecule has 0 aromatic heterocycles. The van der Waals surface area contributed by atoms with Crippen LogP contribution in [0.4, 0.5) is 0 Å². The van der Waals surface area contributed by atoms with Gasteiger partial charge in [0.2, 0.25) is 5.91 Å². The van der Waals surface area contributed by atoms with E-state index >= 15 is 0 Å². The van der Waals surface area contributed by atoms with Crippen LogP contribution in [-0.4, -0.2) is 37.0 Å². The van der Waals surface area contributed by atoms with E-state index in [0.717, 1.165) is 19.3 Å². The van der Waals surface area contributed by atoms with Crippen LogP contribution in [0.1, 0.15) is 26.2 Å². The monoisotopic (exact) mass is 170 g/mol. The molecule has 1 N–H and O–H groups in total. The Balaban J connectivity index is 2.57. The Kier molecular flexibility index (Phi) is 3.09. The van der Waals surface area contributed by atoms with Gasteiger partial charge in [0.1, 0.15) is 0 Å². The van der Waals surface area contributed by atoms with Crippen LogP contribution < -0.4 is 5.32 Å². The first-order valence-electron chi connectivity index (χ1n) is 4.63. The lowest BCUT2D eigenvalue weighted by Crippen LogP contribution is -2.44. The normalized spacial score (nSPS) is 26.4. The van der Waals surface area contributed by atoms with Gasteiger partial charge in [-0.25, -0.2) is 0 Å². The van der Waals surface area contributed by atoms with Gasteiger partial charge in [0.25, 0.3) is 0 Å². The molecule has 1 heterocycles. The Morgan fingerprint density at radius 2 is 2.42 bits per heavy atom. The van der Waals surface area contributed by atoms with Gasteiger partial charge >= 0.3 is 0 Å². The number of hydrogen-bond donors (Lipinski definition) is 1. The first-order valence-corrected chi connectivity index (χ1v) is 4.63. The second-order valence-electron chi connectivity index (χ2n) is 3.41. The summed E-state index contributed by atoms with van der Waals surface area (Å²) in [6.45, 7) is 2.15. The second-order valence-corrected chi connectivity index (χ2v) is 3.41. The summed E-state index contributed by atoms with van der Waals surface area (Å²) in [4.78, 5) is 13.1. The molecule has 1 rings (SSSR count). The molecule has 70 valence electrons. The highest BCUT2D eigenvalue weighted by atomic mass is 16.2. The van der Waals surface area contributed by atoms with Gasteiger partial charge in [-0.3, -0.25) is 4.79 Å². The van der Waals surface area contributed by atoms with Gasteiger partial charge in [-0.1, -0.05) is 6.92 Å². The number of carbonyl (C=O) groups excluding carboxylic acids is 1. The summed E-state index contributed by atoms with van der Waals surface area (Å²) in [6.07, 6.45) is 2.81. The molecule has 0 spiro atoms. The SMILES string of the molecule is CCC(NC)C1CCC(=O)N1C. The van der Waals surface area contributed by atoms with E-state index in [2.05, 4.69) is 12.2 Å². The lowest BCUT2D eigenvalue weighted by atomic mass is 10.0. The maximum absolute atomic E-state index is 11.2. The predicted octanol–water partition coefficient (Wildman–Crippen LogP) is 0.605. The average molecular weight is 170 g/mol. The zero-order valence-electron chi connectivity index (χ0n) is 8.13. The van der Waals surface area contributed by atoms with Gasteiger partial charge in [-0.05, 0) is 19.9 Å². The molecule has 0 bridgehead atoms. The Bertz CT molecular complexity index is 166. The van der Waals surface area contributed by atoms with E-state index in [1.165, 1.54) is 0 Å². The third-order valence-electron chi connectivity index (χ3n) is 2.82. The summed E-state index contributed by atoms with van der Waals surface area (Å²) in [7, 11) is 3.87. The molecule has 2 atom stereocenters. The fourth-order valence-electron chi connectivity index (χ4n) is 1.97. The minimum absolute atomic E-state index is 0.286. The zero-order valence-corrected chi connectivity index (χ0v) is 8.13. The van der Waals surface area contributed by atoms with E-state index in [9.17, 15) is 4.79 Å². The van der Waals surface area contributed by atoms with E-state index < -0.39 is 0 Å². The van der Waals surface area contributed by atoms with Crippen LogP contribution in [-0.2, 0) is 4.79 Å². The lowest BCUT2D eigenvalue weighted by Gasteiger charge is -2.27. The molecule has 1 fully saturated rings. The van der Waals surface area contributed by atoms with Crippen molar-refractivity contribution in [1.82, 2.24) is 10.2 Å². The maximum Gasteiger partial charge on any atom is 0.222 e. The summed E-state index contributed by atoms with van der Waals surface area (Å²) >= 11 is 0. The third-order valence-corrected chi connectivity index (χ3v) is 2.82. The molecule has 2 unspecified atom stereocenters. The van der Waals surface area contributed by atoms with Gasteiger partial charge < -0.3 is 10.2 Å². The van der Waals surface area contributed by atoms with Crippen molar-refractivity contribution in [2.45, 2.75) is 38.3 Å². The second kappa shape index (κ2) is 3.90. The van der Waals surface area contributed by atoms with Crippen molar-refractivity contribution in [2.75, 3.05) is 14.1 Å². The smallest absolute Gasteiger partial charge is 0.222 e. The van der Waals surface area contributed by atoms with Crippen LogP contribution in [0.2, 0.25) is 0 Å².